The molecule has 1 fully saturated rings. The molecule has 2 N–H and O–H groups in total. The van der Waals surface area contributed by atoms with Gasteiger partial charge in [0.25, 0.3) is 0 Å². The highest BCUT2D eigenvalue weighted by molar-refractivity contribution is 7.10. The smallest absolute Gasteiger partial charge is 0.107 e. The van der Waals surface area contributed by atoms with E-state index in [2.05, 4.69) is 39.1 Å². The van der Waals surface area contributed by atoms with Crippen LogP contribution < -0.4 is 5.73 Å². The van der Waals surface area contributed by atoms with E-state index in [4.69, 9.17) is 10.5 Å². The maximum atomic E-state index is 6.38. The predicted octanol–water partition coefficient (Wildman–Crippen LogP) is 4.29. The van der Waals surface area contributed by atoms with Crippen molar-refractivity contribution in [1.82, 2.24) is 0 Å². The minimum atomic E-state index is 0.0482. The first-order valence-corrected chi connectivity index (χ1v) is 8.32. The summed E-state index contributed by atoms with van der Waals surface area (Å²) in [6.07, 6.45) is 4.07. The average molecular weight is 281 g/mol. The number of hydrogen-bond acceptors (Lipinski definition) is 3. The Kier molecular flexibility index (Phi) is 5.04. The maximum Gasteiger partial charge on any atom is 0.107 e. The lowest BCUT2D eigenvalue weighted by molar-refractivity contribution is -0.0555. The van der Waals surface area contributed by atoms with E-state index in [-0.39, 0.29) is 12.1 Å². The van der Waals surface area contributed by atoms with Crippen LogP contribution in [0.3, 0.4) is 0 Å². The van der Waals surface area contributed by atoms with E-state index < -0.39 is 0 Å². The van der Waals surface area contributed by atoms with Crippen LogP contribution in [0, 0.1) is 18.8 Å². The summed E-state index contributed by atoms with van der Waals surface area (Å²) in [6, 6.07) is 2.21. The fraction of sp³-hybridized carbons (Fsp3) is 0.750. The van der Waals surface area contributed by atoms with Gasteiger partial charge in [-0.15, -0.1) is 11.3 Å². The number of nitrogens with two attached hydrogens (primary N) is 1. The Hall–Kier alpha value is -0.380. The van der Waals surface area contributed by atoms with Crippen LogP contribution >= 0.6 is 11.3 Å². The summed E-state index contributed by atoms with van der Waals surface area (Å²) in [6.45, 7) is 8.90. The van der Waals surface area contributed by atoms with Crippen molar-refractivity contribution in [2.24, 2.45) is 17.6 Å². The van der Waals surface area contributed by atoms with Crippen molar-refractivity contribution in [2.75, 3.05) is 0 Å². The van der Waals surface area contributed by atoms with Crippen molar-refractivity contribution in [3.63, 3.8) is 0 Å². The Balaban J connectivity index is 2.04. The highest BCUT2D eigenvalue weighted by Crippen LogP contribution is 2.36. The second-order valence-electron chi connectivity index (χ2n) is 6.27. The highest BCUT2D eigenvalue weighted by atomic mass is 32.1. The monoisotopic (exact) mass is 281 g/mol. The molecule has 0 aromatic carbocycles. The summed E-state index contributed by atoms with van der Waals surface area (Å²) < 4.78 is 6.38. The number of hydrogen-bond donors (Lipinski definition) is 1. The largest absolute Gasteiger partial charge is 0.368 e. The zero-order valence-corrected chi connectivity index (χ0v) is 13.4. The summed E-state index contributed by atoms with van der Waals surface area (Å²) in [7, 11) is 0. The molecular weight excluding hydrogens is 254 g/mol. The van der Waals surface area contributed by atoms with Crippen LogP contribution in [0.25, 0.3) is 0 Å². The summed E-state index contributed by atoms with van der Waals surface area (Å²) >= 11 is 1.77. The molecule has 1 aliphatic rings. The molecule has 1 aromatic heterocycles. The lowest BCUT2D eigenvalue weighted by atomic mass is 9.80. The van der Waals surface area contributed by atoms with Gasteiger partial charge in [0, 0.05) is 10.9 Å². The molecule has 1 heterocycles. The molecule has 19 heavy (non-hydrogen) atoms. The van der Waals surface area contributed by atoms with Crippen LogP contribution in [-0.2, 0) is 4.74 Å². The summed E-state index contributed by atoms with van der Waals surface area (Å²) in [5.41, 5.74) is 7.47. The van der Waals surface area contributed by atoms with Crippen LogP contribution in [0.2, 0.25) is 0 Å². The lowest BCUT2D eigenvalue weighted by Crippen LogP contribution is -2.33. The molecule has 0 amide bonds. The van der Waals surface area contributed by atoms with E-state index in [1.54, 1.807) is 11.3 Å². The molecule has 0 aliphatic heterocycles. The Labute approximate surface area is 121 Å². The first kappa shape index (κ1) is 15.0. The van der Waals surface area contributed by atoms with Crippen molar-refractivity contribution in [2.45, 2.75) is 65.2 Å². The Bertz CT molecular complexity index is 401. The summed E-state index contributed by atoms with van der Waals surface area (Å²) in [5.74, 6) is 1.59. The zero-order valence-electron chi connectivity index (χ0n) is 12.6. The fourth-order valence-electron chi connectivity index (χ4n) is 2.93. The molecule has 0 bridgehead atoms. The molecule has 2 nitrogen and oxygen atoms in total. The van der Waals surface area contributed by atoms with Crippen molar-refractivity contribution in [1.29, 1.82) is 0 Å². The van der Waals surface area contributed by atoms with Crippen molar-refractivity contribution >= 4 is 11.3 Å². The molecule has 1 aliphatic carbocycles. The van der Waals surface area contributed by atoms with Crippen molar-refractivity contribution in [3.8, 4) is 0 Å². The molecule has 3 heteroatoms. The van der Waals surface area contributed by atoms with E-state index in [9.17, 15) is 0 Å². The number of thiophene rings is 1. The fourth-order valence-corrected chi connectivity index (χ4v) is 4.01. The highest BCUT2D eigenvalue weighted by Gasteiger charge is 2.29. The van der Waals surface area contributed by atoms with Gasteiger partial charge < -0.3 is 10.5 Å². The molecule has 5 unspecified atom stereocenters. The van der Waals surface area contributed by atoms with Gasteiger partial charge >= 0.3 is 0 Å². The molecular formula is C16H27NOS. The van der Waals surface area contributed by atoms with Gasteiger partial charge in [0.2, 0.25) is 0 Å². The summed E-state index contributed by atoms with van der Waals surface area (Å²) in [5, 5.41) is 2.13. The normalized spacial score (nSPS) is 31.1. The van der Waals surface area contributed by atoms with Gasteiger partial charge in [-0.05, 0) is 62.0 Å². The van der Waals surface area contributed by atoms with Gasteiger partial charge in [0.1, 0.15) is 6.10 Å². The van der Waals surface area contributed by atoms with E-state index in [0.717, 1.165) is 11.8 Å². The number of ether oxygens (including phenoxy) is 1. The molecule has 1 aromatic rings. The maximum absolute atomic E-state index is 6.38. The first-order valence-electron chi connectivity index (χ1n) is 7.44. The van der Waals surface area contributed by atoms with Crippen LogP contribution in [0.15, 0.2) is 11.4 Å². The van der Waals surface area contributed by atoms with Gasteiger partial charge in [0.15, 0.2) is 0 Å². The van der Waals surface area contributed by atoms with Gasteiger partial charge in [-0.3, -0.25) is 0 Å². The molecule has 108 valence electrons. The quantitative estimate of drug-likeness (QED) is 0.893. The third kappa shape index (κ3) is 3.59. The third-order valence-corrected chi connectivity index (χ3v) is 5.61. The standard InChI is InChI=1S/C16H27NOS/c1-10-5-6-14(9-12(10)3)18-15(13(4)17)16-11(2)7-8-19-16/h7-8,10,12-15H,5-6,9,17H2,1-4H3. The van der Waals surface area contributed by atoms with Crippen LogP contribution in [-0.4, -0.2) is 12.1 Å². The van der Waals surface area contributed by atoms with E-state index >= 15 is 0 Å². The van der Waals surface area contributed by atoms with Crippen LogP contribution in [0.4, 0.5) is 0 Å². The lowest BCUT2D eigenvalue weighted by Gasteiger charge is -2.35. The second-order valence-corrected chi connectivity index (χ2v) is 7.22. The van der Waals surface area contributed by atoms with Crippen LogP contribution in [0.1, 0.15) is 56.6 Å². The second kappa shape index (κ2) is 6.38. The average Bonchev–Trinajstić information content (AvgIpc) is 2.76. The number of aryl methyl sites for hydroxylation is 1. The van der Waals surface area contributed by atoms with Gasteiger partial charge in [-0.2, -0.15) is 0 Å². The predicted molar refractivity (Wildman–Crippen MR) is 82.5 cm³/mol. The topological polar surface area (TPSA) is 35.2 Å². The zero-order chi connectivity index (χ0) is 14.0. The van der Waals surface area contributed by atoms with Gasteiger partial charge in [-0.25, -0.2) is 0 Å². The minimum absolute atomic E-state index is 0.0482. The Morgan fingerprint density at radius 1 is 1.32 bits per heavy atom. The minimum Gasteiger partial charge on any atom is -0.368 e. The van der Waals surface area contributed by atoms with E-state index in [0.29, 0.717) is 6.10 Å². The molecule has 5 atom stereocenters. The van der Waals surface area contributed by atoms with E-state index in [1.807, 2.05) is 0 Å². The van der Waals surface area contributed by atoms with Gasteiger partial charge in [0.05, 0.1) is 6.10 Å². The number of rotatable bonds is 4. The van der Waals surface area contributed by atoms with Gasteiger partial charge in [-0.1, -0.05) is 13.8 Å². The molecule has 1 saturated carbocycles. The van der Waals surface area contributed by atoms with Crippen molar-refractivity contribution < 1.29 is 4.74 Å². The molecule has 0 saturated heterocycles. The summed E-state index contributed by atoms with van der Waals surface area (Å²) in [4.78, 5) is 1.31. The first-order chi connectivity index (χ1) is 8.99. The SMILES string of the molecule is Cc1ccsc1C(OC1CCC(C)C(C)C1)C(C)N. The molecule has 0 radical (unpaired) electrons. The Morgan fingerprint density at radius 2 is 2.05 bits per heavy atom. The third-order valence-electron chi connectivity index (χ3n) is 4.53. The van der Waals surface area contributed by atoms with E-state index in [1.165, 1.54) is 29.7 Å². The Morgan fingerprint density at radius 3 is 2.58 bits per heavy atom. The molecule has 2 rings (SSSR count). The van der Waals surface area contributed by atoms with Crippen molar-refractivity contribution in [3.05, 3.63) is 21.9 Å². The molecule has 0 spiro atoms. The van der Waals surface area contributed by atoms with Crippen LogP contribution in [0.5, 0.6) is 0 Å².